The average Bonchev–Trinajstić information content (AvgIpc) is 3.74. The molecule has 0 fully saturated rings. The van der Waals surface area contributed by atoms with E-state index in [0.717, 1.165) is 33.4 Å². The van der Waals surface area contributed by atoms with E-state index in [2.05, 4.69) is 167 Å². The van der Waals surface area contributed by atoms with E-state index in [9.17, 15) is 0 Å². The Morgan fingerprint density at radius 2 is 0.731 bits per heavy atom. The highest BCUT2D eigenvalue weighted by molar-refractivity contribution is 6.30. The van der Waals surface area contributed by atoms with Gasteiger partial charge in [-0.2, -0.15) is 0 Å². The number of nitrogens with zero attached hydrogens (tertiary/aromatic N) is 2. The molecule has 11 aromatic rings. The molecule has 0 bridgehead atoms. The van der Waals surface area contributed by atoms with E-state index in [0.29, 0.717) is 11.1 Å². The van der Waals surface area contributed by atoms with E-state index in [-0.39, 0.29) is 0 Å². The highest BCUT2D eigenvalue weighted by Gasteiger charge is 2.23. The number of hydrogen-bond acceptors (Lipinski definition) is 2. The number of aromatic nitrogens is 2. The molecule has 0 saturated heterocycles. The molecular weight excluding hydrogens is 633 g/mol. The molecule has 0 spiro atoms. The van der Waals surface area contributed by atoms with Gasteiger partial charge in [0.25, 0.3) is 0 Å². The fraction of sp³-hybridized carbons (Fsp3) is 0. The first kappa shape index (κ1) is 28.8. The minimum Gasteiger partial charge on any atom is -0.309 e. The Balaban J connectivity index is 1.33. The van der Waals surface area contributed by atoms with Crippen LogP contribution in [0.2, 0.25) is 0 Å². The molecule has 242 valence electrons. The van der Waals surface area contributed by atoms with Crippen LogP contribution in [0.4, 0.5) is 0 Å². The molecule has 0 amide bonds. The fourth-order valence-corrected chi connectivity index (χ4v) is 8.87. The van der Waals surface area contributed by atoms with Crippen LogP contribution in [-0.4, -0.2) is 21.6 Å². The summed E-state index contributed by atoms with van der Waals surface area (Å²) in [6.07, 6.45) is 2.80. The Bertz CT molecular complexity index is 3160. The van der Waals surface area contributed by atoms with Crippen LogP contribution in [0.15, 0.2) is 158 Å². The molecule has 0 aliphatic carbocycles. The molecule has 0 unspecified atom stereocenters. The Morgan fingerprint density at radius 3 is 1.10 bits per heavy atom. The standard InChI is InChI=1S/C48H30N4/c49-27-33-25-34(51-40-21-17-29-9-1-5-13-35(29)45(40)46-36-14-6-2-10-30(36)18-22-41(46)51)26-44(39(33)28-50)52-42-23-19-31-11-3-7-15-37(31)47(42)48-38-16-8-4-12-32(38)20-24-43(48)52/h1-28,49-50H. The van der Waals surface area contributed by atoms with Gasteiger partial charge in [0.15, 0.2) is 0 Å². The number of fused-ring (bicyclic) bond motifs is 14. The first-order valence-electron chi connectivity index (χ1n) is 17.6. The van der Waals surface area contributed by atoms with Crippen LogP contribution in [-0.2, 0) is 0 Å². The first-order chi connectivity index (χ1) is 25.7. The maximum atomic E-state index is 8.75. The van der Waals surface area contributed by atoms with Crippen molar-refractivity contribution in [2.75, 3.05) is 0 Å². The number of rotatable bonds is 4. The second-order valence-corrected chi connectivity index (χ2v) is 13.7. The molecule has 52 heavy (non-hydrogen) atoms. The van der Waals surface area contributed by atoms with Gasteiger partial charge in [0.1, 0.15) is 0 Å². The van der Waals surface area contributed by atoms with Crippen LogP contribution in [0.3, 0.4) is 0 Å². The Morgan fingerprint density at radius 1 is 0.365 bits per heavy atom. The Kier molecular flexibility index (Phi) is 5.93. The molecule has 2 N–H and O–H groups in total. The Labute approximate surface area is 298 Å². The second kappa shape index (κ2) is 10.7. The van der Waals surface area contributed by atoms with Gasteiger partial charge in [-0.15, -0.1) is 0 Å². The van der Waals surface area contributed by atoms with E-state index < -0.39 is 0 Å². The van der Waals surface area contributed by atoms with Gasteiger partial charge in [0, 0.05) is 50.8 Å². The minimum absolute atomic E-state index is 0.690. The monoisotopic (exact) mass is 662 g/mol. The predicted octanol–water partition coefficient (Wildman–Crippen LogP) is 12.5. The summed E-state index contributed by atoms with van der Waals surface area (Å²) < 4.78 is 4.67. The van der Waals surface area contributed by atoms with Crippen molar-refractivity contribution in [1.82, 2.24) is 9.13 Å². The van der Waals surface area contributed by atoms with E-state index >= 15 is 0 Å². The summed E-state index contributed by atoms with van der Waals surface area (Å²) in [5, 5.41) is 31.8. The predicted molar refractivity (Wildman–Crippen MR) is 221 cm³/mol. The third kappa shape index (κ3) is 3.81. The number of nitrogens with one attached hydrogen (secondary N) is 2. The number of hydrogen-bond donors (Lipinski definition) is 2. The normalized spacial score (nSPS) is 12.0. The topological polar surface area (TPSA) is 57.6 Å². The van der Waals surface area contributed by atoms with Crippen LogP contribution in [0.5, 0.6) is 0 Å². The molecule has 0 saturated carbocycles. The molecule has 4 heteroatoms. The van der Waals surface area contributed by atoms with Gasteiger partial charge < -0.3 is 20.0 Å². The summed E-state index contributed by atoms with van der Waals surface area (Å²) >= 11 is 0. The van der Waals surface area contributed by atoms with Crippen molar-refractivity contribution in [3.05, 3.63) is 169 Å². The zero-order chi connectivity index (χ0) is 34.5. The van der Waals surface area contributed by atoms with Gasteiger partial charge in [0.2, 0.25) is 0 Å². The van der Waals surface area contributed by atoms with Crippen LogP contribution in [0.25, 0.3) is 98.1 Å². The van der Waals surface area contributed by atoms with Gasteiger partial charge in [-0.3, -0.25) is 0 Å². The van der Waals surface area contributed by atoms with Gasteiger partial charge in [-0.05, 0) is 79.5 Å². The fourth-order valence-electron chi connectivity index (χ4n) is 8.87. The van der Waals surface area contributed by atoms with E-state index in [1.807, 2.05) is 0 Å². The molecular formula is C48H30N4. The summed E-state index contributed by atoms with van der Waals surface area (Å²) in [5.74, 6) is 0. The van der Waals surface area contributed by atoms with E-state index in [4.69, 9.17) is 10.8 Å². The summed E-state index contributed by atoms with van der Waals surface area (Å²) in [5.41, 5.74) is 7.56. The third-order valence-electron chi connectivity index (χ3n) is 11.1. The van der Waals surface area contributed by atoms with Crippen molar-refractivity contribution < 1.29 is 0 Å². The second-order valence-electron chi connectivity index (χ2n) is 13.7. The number of benzene rings is 9. The zero-order valence-corrected chi connectivity index (χ0v) is 28.1. The van der Waals surface area contributed by atoms with Crippen molar-refractivity contribution in [2.45, 2.75) is 0 Å². The zero-order valence-electron chi connectivity index (χ0n) is 28.1. The summed E-state index contributed by atoms with van der Waals surface area (Å²) in [6, 6.07) is 56.5. The molecule has 0 aliphatic rings. The maximum absolute atomic E-state index is 8.75. The molecule has 0 radical (unpaired) electrons. The lowest BCUT2D eigenvalue weighted by Gasteiger charge is -2.18. The highest BCUT2D eigenvalue weighted by atomic mass is 15.0. The van der Waals surface area contributed by atoms with Gasteiger partial charge in [0.05, 0.1) is 27.8 Å². The SMILES string of the molecule is N=Cc1cc(-n2c3ccc4ccccc4c3c3c4ccccc4ccc32)cc(-n2c3ccc4ccccc4c3c3c4ccccc4ccc32)c1C=N. The molecule has 2 heterocycles. The summed E-state index contributed by atoms with van der Waals surface area (Å²) in [7, 11) is 0. The van der Waals surface area contributed by atoms with Gasteiger partial charge in [-0.25, -0.2) is 0 Å². The van der Waals surface area contributed by atoms with Crippen molar-refractivity contribution in [3.63, 3.8) is 0 Å². The van der Waals surface area contributed by atoms with Crippen LogP contribution in [0, 0.1) is 10.8 Å². The molecule has 11 rings (SSSR count). The summed E-state index contributed by atoms with van der Waals surface area (Å²) in [6.45, 7) is 0. The van der Waals surface area contributed by atoms with Crippen LogP contribution >= 0.6 is 0 Å². The van der Waals surface area contributed by atoms with Gasteiger partial charge in [-0.1, -0.05) is 121 Å². The summed E-state index contributed by atoms with van der Waals surface area (Å²) in [4.78, 5) is 0. The molecule has 0 aliphatic heterocycles. The third-order valence-corrected chi connectivity index (χ3v) is 11.1. The Hall–Kier alpha value is -7.04. The first-order valence-corrected chi connectivity index (χ1v) is 17.6. The molecule has 4 nitrogen and oxygen atoms in total. The smallest absolute Gasteiger partial charge is 0.0577 e. The highest BCUT2D eigenvalue weighted by Crippen LogP contribution is 2.44. The van der Waals surface area contributed by atoms with Crippen LogP contribution in [0.1, 0.15) is 11.1 Å². The van der Waals surface area contributed by atoms with Crippen molar-refractivity contribution in [3.8, 4) is 11.4 Å². The van der Waals surface area contributed by atoms with Crippen molar-refractivity contribution in [1.29, 1.82) is 10.8 Å². The minimum atomic E-state index is 0.690. The van der Waals surface area contributed by atoms with Crippen LogP contribution < -0.4 is 0 Å². The van der Waals surface area contributed by atoms with Crippen molar-refractivity contribution in [2.24, 2.45) is 0 Å². The maximum Gasteiger partial charge on any atom is 0.0577 e. The lowest BCUT2D eigenvalue weighted by molar-refractivity contribution is 1.13. The quantitative estimate of drug-likeness (QED) is 0.176. The molecule has 0 atom stereocenters. The lowest BCUT2D eigenvalue weighted by Crippen LogP contribution is -2.06. The van der Waals surface area contributed by atoms with E-state index in [1.54, 1.807) is 0 Å². The van der Waals surface area contributed by atoms with Gasteiger partial charge >= 0.3 is 0 Å². The largest absolute Gasteiger partial charge is 0.309 e. The lowest BCUT2D eigenvalue weighted by atomic mass is 10.00. The average molecular weight is 663 g/mol. The molecule has 2 aromatic heterocycles. The van der Waals surface area contributed by atoms with E-state index in [1.165, 1.54) is 77.1 Å². The van der Waals surface area contributed by atoms with Crippen molar-refractivity contribution >= 4 is 99.1 Å². The molecule has 9 aromatic carbocycles.